The third-order valence-corrected chi connectivity index (χ3v) is 11.9. The molecule has 0 aliphatic carbocycles. The normalized spacial score (nSPS) is 11.1. The van der Waals surface area contributed by atoms with E-state index < -0.39 is 8.80 Å². The van der Waals surface area contributed by atoms with Crippen molar-refractivity contribution in [2.45, 2.75) is 6.55 Å². The van der Waals surface area contributed by atoms with E-state index in [0.29, 0.717) is 5.02 Å². The molecular formula is C45H34ClN2Si+. The van der Waals surface area contributed by atoms with Gasteiger partial charge in [0, 0.05) is 22.1 Å². The molecule has 0 heterocycles. The zero-order valence-corrected chi connectivity index (χ0v) is 28.9. The third kappa shape index (κ3) is 5.89. The van der Waals surface area contributed by atoms with Crippen LogP contribution in [0, 0.1) is 0 Å². The number of hydrogen-bond acceptors (Lipinski definition) is 2. The summed E-state index contributed by atoms with van der Waals surface area (Å²) < 4.78 is 0. The molecule has 0 aromatic heterocycles. The van der Waals surface area contributed by atoms with Crippen molar-refractivity contribution in [3.05, 3.63) is 193 Å². The first-order chi connectivity index (χ1) is 24.2. The molecule has 0 saturated heterocycles. The average molecular weight is 666 g/mol. The molecule has 8 rings (SSSR count). The second-order valence-electron chi connectivity index (χ2n) is 12.2. The van der Waals surface area contributed by atoms with E-state index in [2.05, 4.69) is 204 Å². The van der Waals surface area contributed by atoms with Gasteiger partial charge in [-0.25, -0.2) is 0 Å². The van der Waals surface area contributed by atoms with Gasteiger partial charge in [-0.3, -0.25) is 0 Å². The fourth-order valence-corrected chi connectivity index (χ4v) is 8.78. The Hall–Kier alpha value is -5.61. The summed E-state index contributed by atoms with van der Waals surface area (Å²) in [7, 11) is -1.19. The van der Waals surface area contributed by atoms with E-state index in [1.54, 1.807) is 0 Å². The van der Waals surface area contributed by atoms with Crippen LogP contribution in [0.2, 0.25) is 11.6 Å². The number of halogens is 1. The average Bonchev–Trinajstić information content (AvgIpc) is 3.17. The first-order valence-corrected chi connectivity index (χ1v) is 18.9. The van der Waals surface area contributed by atoms with Crippen LogP contribution in [0.5, 0.6) is 0 Å². The van der Waals surface area contributed by atoms with Crippen molar-refractivity contribution < 1.29 is 0 Å². The molecule has 0 N–H and O–H groups in total. The number of hydrogen-bond donors (Lipinski definition) is 0. The van der Waals surface area contributed by atoms with Gasteiger partial charge in [-0.05, 0) is 71.4 Å². The Morgan fingerprint density at radius 2 is 0.776 bits per heavy atom. The molecule has 0 spiro atoms. The molecule has 49 heavy (non-hydrogen) atoms. The molecule has 0 aliphatic rings. The molecule has 0 atom stereocenters. The molecule has 0 saturated carbocycles. The van der Waals surface area contributed by atoms with Gasteiger partial charge in [-0.15, -0.1) is 0 Å². The van der Waals surface area contributed by atoms with Crippen LogP contribution in [-0.2, 0) is 0 Å². The molecule has 0 aliphatic heterocycles. The molecule has 0 unspecified atom stereocenters. The highest BCUT2D eigenvalue weighted by Crippen LogP contribution is 2.48. The quantitative estimate of drug-likeness (QED) is 0.149. The first-order valence-electron chi connectivity index (χ1n) is 16.6. The lowest BCUT2D eigenvalue weighted by molar-refractivity contribution is 1.27. The van der Waals surface area contributed by atoms with Crippen LogP contribution < -0.4 is 20.2 Å². The SMILES string of the molecule is C[Si+](c1ccccc1)c1cc(N(c2ccccc2)c2cccc3ccccc23)c(Cl)c(N(c2ccccc2)c2cccc3ccccc23)c1. The lowest BCUT2D eigenvalue weighted by Gasteiger charge is -2.32. The maximum atomic E-state index is 7.85. The Morgan fingerprint density at radius 1 is 0.388 bits per heavy atom. The van der Waals surface area contributed by atoms with Crippen LogP contribution in [-0.4, -0.2) is 8.80 Å². The molecule has 0 radical (unpaired) electrons. The lowest BCUT2D eigenvalue weighted by Crippen LogP contribution is -2.39. The standard InChI is InChI=1S/C45H34ClN2Si/c1-49(37-25-9-4-10-26-37)38-31-43(47(35-21-5-2-6-22-35)41-29-15-19-33-17-11-13-27-39(33)41)45(46)44(32-38)48(36-23-7-3-8-24-36)42-30-16-20-34-18-12-14-28-40(34)42/h2-32H,1H3/q+1. The summed E-state index contributed by atoms with van der Waals surface area (Å²) in [5, 5.41) is 7.99. The largest absolute Gasteiger partial charge is 0.387 e. The number of anilines is 6. The molecular weight excluding hydrogens is 632 g/mol. The van der Waals surface area contributed by atoms with Gasteiger partial charge >= 0.3 is 8.80 Å². The summed E-state index contributed by atoms with van der Waals surface area (Å²) in [5.74, 6) is 0. The van der Waals surface area contributed by atoms with Gasteiger partial charge in [0.25, 0.3) is 0 Å². The molecule has 0 amide bonds. The second-order valence-corrected chi connectivity index (χ2v) is 14.9. The number of benzene rings is 8. The number of fused-ring (bicyclic) bond motifs is 2. The van der Waals surface area contributed by atoms with Gasteiger partial charge in [0.2, 0.25) is 0 Å². The van der Waals surface area contributed by atoms with E-state index in [1.807, 2.05) is 0 Å². The number of nitrogens with zero attached hydrogens (tertiary/aromatic N) is 2. The zero-order valence-electron chi connectivity index (χ0n) is 27.2. The highest BCUT2D eigenvalue weighted by atomic mass is 35.5. The molecule has 8 aromatic rings. The predicted molar refractivity (Wildman–Crippen MR) is 213 cm³/mol. The van der Waals surface area contributed by atoms with Crippen molar-refractivity contribution in [2.75, 3.05) is 9.80 Å². The summed E-state index contributed by atoms with van der Waals surface area (Å²) in [5.41, 5.74) is 6.14. The smallest absolute Gasteiger partial charge is 0.308 e. The van der Waals surface area contributed by atoms with Crippen LogP contribution in [0.3, 0.4) is 0 Å². The maximum Gasteiger partial charge on any atom is 0.387 e. The summed E-state index contributed by atoms with van der Waals surface area (Å²) in [6, 6.07) is 66.9. The molecule has 234 valence electrons. The Labute approximate surface area is 294 Å². The van der Waals surface area contributed by atoms with Crippen LogP contribution in [0.25, 0.3) is 21.5 Å². The molecule has 4 heteroatoms. The molecule has 2 nitrogen and oxygen atoms in total. The van der Waals surface area contributed by atoms with E-state index in [4.69, 9.17) is 11.6 Å². The Kier molecular flexibility index (Phi) is 8.45. The van der Waals surface area contributed by atoms with E-state index in [-0.39, 0.29) is 0 Å². The summed E-state index contributed by atoms with van der Waals surface area (Å²) in [4.78, 5) is 4.67. The van der Waals surface area contributed by atoms with E-state index >= 15 is 0 Å². The Morgan fingerprint density at radius 3 is 1.24 bits per heavy atom. The van der Waals surface area contributed by atoms with Crippen molar-refractivity contribution in [1.29, 1.82) is 0 Å². The topological polar surface area (TPSA) is 6.48 Å². The minimum Gasteiger partial charge on any atom is -0.308 e. The van der Waals surface area contributed by atoms with Gasteiger partial charge < -0.3 is 9.80 Å². The van der Waals surface area contributed by atoms with Crippen LogP contribution in [0.15, 0.2) is 188 Å². The molecule has 0 bridgehead atoms. The van der Waals surface area contributed by atoms with Crippen LogP contribution >= 0.6 is 11.6 Å². The Bertz CT molecular complexity index is 2220. The van der Waals surface area contributed by atoms with Gasteiger partial charge in [0.05, 0.1) is 34.3 Å². The lowest BCUT2D eigenvalue weighted by atomic mass is 10.0. The highest BCUT2D eigenvalue weighted by molar-refractivity contribution is 6.84. The fourth-order valence-electron chi connectivity index (χ4n) is 6.77. The number of para-hydroxylation sites is 2. The van der Waals surface area contributed by atoms with E-state index in [9.17, 15) is 0 Å². The summed E-state index contributed by atoms with van der Waals surface area (Å²) >= 11 is 7.85. The van der Waals surface area contributed by atoms with Crippen LogP contribution in [0.4, 0.5) is 34.1 Å². The maximum absolute atomic E-state index is 7.85. The highest BCUT2D eigenvalue weighted by Gasteiger charge is 2.33. The van der Waals surface area contributed by atoms with Gasteiger partial charge in [0.1, 0.15) is 10.4 Å². The first kappa shape index (κ1) is 30.7. The summed E-state index contributed by atoms with van der Waals surface area (Å²) in [6.07, 6.45) is 0. The minimum absolute atomic E-state index is 0.681. The fraction of sp³-hybridized carbons (Fsp3) is 0.0222. The number of rotatable bonds is 8. The van der Waals surface area contributed by atoms with Crippen molar-refractivity contribution in [1.82, 2.24) is 0 Å². The second kappa shape index (κ2) is 13.5. The van der Waals surface area contributed by atoms with Gasteiger partial charge in [0.15, 0.2) is 0 Å². The van der Waals surface area contributed by atoms with E-state index in [1.165, 1.54) is 21.1 Å². The van der Waals surface area contributed by atoms with Crippen molar-refractivity contribution in [3.63, 3.8) is 0 Å². The molecule has 8 aromatic carbocycles. The predicted octanol–water partition coefficient (Wildman–Crippen LogP) is 11.8. The third-order valence-electron chi connectivity index (χ3n) is 9.20. The van der Waals surface area contributed by atoms with Crippen molar-refractivity contribution in [2.24, 2.45) is 0 Å². The van der Waals surface area contributed by atoms with Gasteiger partial charge in [-0.2, -0.15) is 0 Å². The van der Waals surface area contributed by atoms with Crippen molar-refractivity contribution in [3.8, 4) is 0 Å². The van der Waals surface area contributed by atoms with E-state index in [0.717, 1.165) is 44.9 Å². The minimum atomic E-state index is -1.19. The summed E-state index contributed by atoms with van der Waals surface area (Å²) in [6.45, 7) is 2.38. The molecule has 0 fully saturated rings. The zero-order chi connectivity index (χ0) is 33.2. The monoisotopic (exact) mass is 665 g/mol. The van der Waals surface area contributed by atoms with Gasteiger partial charge in [-0.1, -0.05) is 139 Å². The Balaban J connectivity index is 1.46. The van der Waals surface area contributed by atoms with Crippen molar-refractivity contribution >= 4 is 86.4 Å². The van der Waals surface area contributed by atoms with Crippen LogP contribution in [0.1, 0.15) is 0 Å².